The normalized spacial score (nSPS) is 15.5. The monoisotopic (exact) mass is 1350 g/mol. The number of rotatable bonds is 16. The largest absolute Gasteiger partial charge is 0.508 e. The lowest BCUT2D eigenvalue weighted by atomic mass is 10.0. The third-order valence-electron chi connectivity index (χ3n) is 13.4. The number of fused-ring (bicyclic) bond motifs is 3. The van der Waals surface area contributed by atoms with Crippen LogP contribution in [0.15, 0.2) is 91.0 Å². The second-order valence-corrected chi connectivity index (χ2v) is 23.2. The number of hydrogen-bond acceptors (Lipinski definition) is 10. The van der Waals surface area contributed by atoms with Crippen LogP contribution in [-0.2, 0) is 33.6 Å². The first-order valence-electron chi connectivity index (χ1n) is 27.1. The summed E-state index contributed by atoms with van der Waals surface area (Å²) in [6.45, 7) is 10.4. The first kappa shape index (κ1) is 64.2. The molecule has 20 heteroatoms. The zero-order chi connectivity index (χ0) is 56.4. The van der Waals surface area contributed by atoms with Crippen molar-refractivity contribution in [1.29, 1.82) is 0 Å². The molecule has 5 N–H and O–H groups in total. The molecule has 0 aliphatic carbocycles. The van der Waals surface area contributed by atoms with E-state index in [4.69, 9.17) is 61.0 Å². The van der Waals surface area contributed by atoms with Gasteiger partial charge >= 0.3 is 0 Å². The van der Waals surface area contributed by atoms with E-state index in [0.717, 1.165) is 172 Å². The van der Waals surface area contributed by atoms with Gasteiger partial charge in [-0.15, -0.1) is 0 Å². The smallest absolute Gasteiger partial charge is 0.224 e. The molecule has 0 atom stereocenters. The SMILES string of the molecule is BrCCCCBr.Clc1cccc(N2CCNCC2)c1Cl.O=C1CCc2ccc(O)cc2N1.O=C1CCc2ccc(OCCCCBr)cc2N1.O=C1CCc2ccc(OCCCCN3CCN(c4cccc(Cl)c4Cl)CC3)cc2N1. The fourth-order valence-corrected chi connectivity index (χ4v) is 11.1. The van der Waals surface area contributed by atoms with Crippen LogP contribution in [0, 0.1) is 0 Å². The molecular formula is C59H72Br3Cl4N7O6. The Morgan fingerprint density at radius 2 is 0.899 bits per heavy atom. The molecule has 2 saturated heterocycles. The molecule has 5 aliphatic rings. The first-order chi connectivity index (χ1) is 38.3. The van der Waals surface area contributed by atoms with Gasteiger partial charge in [-0.3, -0.25) is 19.3 Å². The zero-order valence-corrected chi connectivity index (χ0v) is 52.3. The molecule has 0 spiro atoms. The van der Waals surface area contributed by atoms with Crippen LogP contribution >= 0.6 is 94.2 Å². The molecule has 5 aromatic carbocycles. The quantitative estimate of drug-likeness (QED) is 0.0478. The van der Waals surface area contributed by atoms with Gasteiger partial charge in [0.05, 0.1) is 44.7 Å². The highest BCUT2D eigenvalue weighted by atomic mass is 79.9. The molecule has 13 nitrogen and oxygen atoms in total. The Morgan fingerprint density at radius 3 is 1.37 bits per heavy atom. The Morgan fingerprint density at radius 1 is 0.481 bits per heavy atom. The number of benzene rings is 5. The van der Waals surface area contributed by atoms with Crippen molar-refractivity contribution in [2.24, 2.45) is 0 Å². The number of alkyl halides is 3. The fraction of sp³-hybridized carbons (Fsp3) is 0.441. The number of aromatic hydroxyl groups is 1. The highest BCUT2D eigenvalue weighted by molar-refractivity contribution is 9.09. The van der Waals surface area contributed by atoms with Gasteiger partial charge in [0.15, 0.2) is 0 Å². The number of piperazine rings is 2. The maximum atomic E-state index is 11.5. The number of nitrogens with one attached hydrogen (secondary N) is 4. The van der Waals surface area contributed by atoms with E-state index in [1.807, 2.05) is 72.8 Å². The van der Waals surface area contributed by atoms with E-state index in [0.29, 0.717) is 46.0 Å². The number of phenolic OH excluding ortho intramolecular Hbond substituents is 1. The van der Waals surface area contributed by atoms with E-state index in [-0.39, 0.29) is 23.5 Å². The van der Waals surface area contributed by atoms with Gasteiger partial charge in [-0.25, -0.2) is 0 Å². The summed E-state index contributed by atoms with van der Waals surface area (Å²) >= 11 is 34.6. The van der Waals surface area contributed by atoms with E-state index < -0.39 is 0 Å². The average Bonchev–Trinajstić information content (AvgIpc) is 3.47. The molecule has 5 heterocycles. The third kappa shape index (κ3) is 21.7. The summed E-state index contributed by atoms with van der Waals surface area (Å²) in [6, 6.07) is 28.5. The maximum Gasteiger partial charge on any atom is 0.224 e. The van der Waals surface area contributed by atoms with Crippen molar-refractivity contribution in [2.75, 3.05) is 114 Å². The Labute approximate surface area is 511 Å². The molecule has 10 rings (SSSR count). The summed E-state index contributed by atoms with van der Waals surface area (Å²) in [5, 5.41) is 26.8. The molecule has 5 aliphatic heterocycles. The molecule has 3 amide bonds. The Bertz CT molecular complexity index is 2730. The zero-order valence-electron chi connectivity index (χ0n) is 44.5. The summed E-state index contributed by atoms with van der Waals surface area (Å²) in [6.07, 6.45) is 10.9. The Kier molecular flexibility index (Phi) is 28.5. The van der Waals surface area contributed by atoms with Gasteiger partial charge in [0.2, 0.25) is 17.7 Å². The number of aryl methyl sites for hydroxylation is 3. The lowest BCUT2D eigenvalue weighted by molar-refractivity contribution is -0.117. The minimum Gasteiger partial charge on any atom is -0.508 e. The molecule has 428 valence electrons. The van der Waals surface area contributed by atoms with Crippen molar-refractivity contribution in [2.45, 2.75) is 77.0 Å². The van der Waals surface area contributed by atoms with Gasteiger partial charge in [0.25, 0.3) is 0 Å². The van der Waals surface area contributed by atoms with Crippen LogP contribution in [0.1, 0.15) is 74.5 Å². The number of unbranched alkanes of at least 4 members (excludes halogenated alkanes) is 3. The summed E-state index contributed by atoms with van der Waals surface area (Å²) in [4.78, 5) is 40.8. The number of amides is 3. The number of anilines is 5. The van der Waals surface area contributed by atoms with Gasteiger partial charge in [-0.2, -0.15) is 0 Å². The van der Waals surface area contributed by atoms with E-state index in [9.17, 15) is 14.4 Å². The second-order valence-electron chi connectivity index (χ2n) is 19.2. The van der Waals surface area contributed by atoms with Gasteiger partial charge in [0, 0.05) is 123 Å². The van der Waals surface area contributed by atoms with E-state index >= 15 is 0 Å². The summed E-state index contributed by atoms with van der Waals surface area (Å²) < 4.78 is 11.5. The average molecular weight is 1360 g/mol. The van der Waals surface area contributed by atoms with Crippen molar-refractivity contribution >= 4 is 140 Å². The Balaban J connectivity index is 0.000000175. The van der Waals surface area contributed by atoms with Crippen LogP contribution in [0.4, 0.5) is 28.4 Å². The van der Waals surface area contributed by atoms with Crippen molar-refractivity contribution in [1.82, 2.24) is 10.2 Å². The minimum absolute atomic E-state index is 0.0214. The van der Waals surface area contributed by atoms with Crippen LogP contribution in [0.3, 0.4) is 0 Å². The fourth-order valence-electron chi connectivity index (χ4n) is 9.04. The Hall–Kier alpha value is -3.97. The van der Waals surface area contributed by atoms with Crippen molar-refractivity contribution in [3.8, 4) is 17.2 Å². The van der Waals surface area contributed by atoms with Crippen molar-refractivity contribution in [3.63, 3.8) is 0 Å². The first-order valence-corrected chi connectivity index (χ1v) is 31.9. The van der Waals surface area contributed by atoms with Crippen molar-refractivity contribution in [3.05, 3.63) is 128 Å². The predicted molar refractivity (Wildman–Crippen MR) is 339 cm³/mol. The van der Waals surface area contributed by atoms with E-state index in [1.165, 1.54) is 24.0 Å². The number of halogens is 7. The standard InChI is InChI=1S/C23H27Cl2N3O2.C13H16BrNO2.C10H12Cl2N2.C9H9NO2.C4H8Br2/c24-19-4-3-5-21(23(19)25)28-13-11-27(12-14-28)10-1-2-15-30-18-8-6-17-7-9-22(29)26-20(17)16-18;14-7-1-2-8-17-11-5-3-10-4-6-13(16)15-12(10)9-11;11-8-2-1-3-9(10(8)12)14-6-4-13-5-7-14;11-7-3-1-6-2-4-9(12)10-8(6)5-7;5-3-1-2-4-6/h3-6,8,16H,1-2,7,9-15H2,(H,26,29);3,5,9H,1-2,4,6-8H2,(H,15,16);1-3,13H,4-7H2;1,3,5,11H,2,4H2,(H,10,12);1-4H2. The summed E-state index contributed by atoms with van der Waals surface area (Å²) in [5.41, 5.74) is 8.07. The van der Waals surface area contributed by atoms with E-state index in [1.54, 1.807) is 12.1 Å². The van der Waals surface area contributed by atoms with Crippen molar-refractivity contribution < 1.29 is 29.0 Å². The highest BCUT2D eigenvalue weighted by Gasteiger charge is 2.21. The van der Waals surface area contributed by atoms with Crippen LogP contribution in [0.2, 0.25) is 20.1 Å². The van der Waals surface area contributed by atoms with Crippen LogP contribution in [0.25, 0.3) is 0 Å². The summed E-state index contributed by atoms with van der Waals surface area (Å²) in [5.74, 6) is 2.04. The molecule has 0 aromatic heterocycles. The van der Waals surface area contributed by atoms with Crippen LogP contribution < -0.4 is 40.5 Å². The lowest BCUT2D eigenvalue weighted by Gasteiger charge is -2.36. The topological polar surface area (TPSA) is 148 Å². The molecule has 5 aromatic rings. The number of phenols is 1. The maximum absolute atomic E-state index is 11.5. The number of carbonyl (C=O) groups excluding carboxylic acids is 3. The molecule has 0 unspecified atom stereocenters. The van der Waals surface area contributed by atoms with E-state index in [2.05, 4.69) is 89.8 Å². The number of carbonyl (C=O) groups is 3. The molecular weight excluding hydrogens is 1280 g/mol. The van der Waals surface area contributed by atoms with Gasteiger partial charge in [0.1, 0.15) is 17.2 Å². The number of ether oxygens (including phenoxy) is 2. The number of hydrogen-bond donors (Lipinski definition) is 5. The van der Waals surface area contributed by atoms with Crippen LogP contribution in [-0.4, -0.2) is 116 Å². The number of nitrogens with zero attached hydrogens (tertiary/aromatic N) is 3. The van der Waals surface area contributed by atoms with Crippen LogP contribution in [0.5, 0.6) is 17.2 Å². The molecule has 0 saturated carbocycles. The van der Waals surface area contributed by atoms with Gasteiger partial charge in [-0.05, 0) is 123 Å². The molecule has 79 heavy (non-hydrogen) atoms. The molecule has 0 radical (unpaired) electrons. The molecule has 2 fully saturated rings. The minimum atomic E-state index is 0.0214. The second kappa shape index (κ2) is 35.1. The molecule has 0 bridgehead atoms. The predicted octanol–water partition coefficient (Wildman–Crippen LogP) is 14.2. The highest BCUT2D eigenvalue weighted by Crippen LogP contribution is 2.35. The summed E-state index contributed by atoms with van der Waals surface area (Å²) in [7, 11) is 0. The van der Waals surface area contributed by atoms with Gasteiger partial charge in [-0.1, -0.05) is 125 Å². The third-order valence-corrected chi connectivity index (χ3v) is 16.7. The lowest BCUT2D eigenvalue weighted by Crippen LogP contribution is -2.46. The van der Waals surface area contributed by atoms with Gasteiger partial charge < -0.3 is 45.6 Å².